The fourth-order valence-electron chi connectivity index (χ4n) is 1.98. The summed E-state index contributed by atoms with van der Waals surface area (Å²) in [4.78, 5) is 0. The number of halogens is 1. The second-order valence-electron chi connectivity index (χ2n) is 4.12. The lowest BCUT2D eigenvalue weighted by Gasteiger charge is -2.28. The van der Waals surface area contributed by atoms with E-state index >= 15 is 0 Å². The summed E-state index contributed by atoms with van der Waals surface area (Å²) in [6, 6.07) is 0. The van der Waals surface area contributed by atoms with Crippen LogP contribution in [0.5, 0.6) is 5.75 Å². The van der Waals surface area contributed by atoms with Crippen LogP contribution in [0, 0.1) is 5.13 Å². The molecule has 1 aromatic rings. The molecule has 0 aliphatic rings. The highest BCUT2D eigenvalue weighted by Gasteiger charge is 2.29. The third-order valence-corrected chi connectivity index (χ3v) is 3.89. The molecule has 0 aromatic carbocycles. The van der Waals surface area contributed by atoms with Crippen molar-refractivity contribution in [3.8, 4) is 5.75 Å². The number of rotatable bonds is 5. The Balaban J connectivity index is 3.11. The van der Waals surface area contributed by atoms with Gasteiger partial charge < -0.3 is 4.74 Å². The quantitative estimate of drug-likeness (QED) is 0.730. The maximum Gasteiger partial charge on any atom is 0.218 e. The first kappa shape index (κ1) is 12.5. The largest absolute Gasteiger partial charge is 0.492 e. The topological polar surface area (TPSA) is 9.23 Å². The van der Waals surface area contributed by atoms with Crippen molar-refractivity contribution in [3.05, 3.63) is 16.1 Å². The maximum absolute atomic E-state index is 13.4. The van der Waals surface area contributed by atoms with Gasteiger partial charge in [0.05, 0.1) is 7.11 Å². The summed E-state index contributed by atoms with van der Waals surface area (Å²) < 4.78 is 18.6. The van der Waals surface area contributed by atoms with Gasteiger partial charge in [-0.2, -0.15) is 4.39 Å². The first-order valence-electron chi connectivity index (χ1n) is 5.40. The van der Waals surface area contributed by atoms with Gasteiger partial charge in [0.25, 0.3) is 0 Å². The van der Waals surface area contributed by atoms with Crippen LogP contribution in [0.2, 0.25) is 0 Å². The summed E-state index contributed by atoms with van der Waals surface area (Å²) in [7, 11) is 1.54. The molecule has 15 heavy (non-hydrogen) atoms. The van der Waals surface area contributed by atoms with E-state index in [1.54, 1.807) is 0 Å². The molecule has 1 unspecified atom stereocenters. The van der Waals surface area contributed by atoms with Crippen LogP contribution in [-0.2, 0) is 5.41 Å². The monoisotopic (exact) mass is 230 g/mol. The summed E-state index contributed by atoms with van der Waals surface area (Å²) in [5.41, 5.74) is 1.07. The molecule has 0 saturated carbocycles. The van der Waals surface area contributed by atoms with Gasteiger partial charge in [-0.15, -0.1) is 11.3 Å². The molecule has 0 amide bonds. The van der Waals surface area contributed by atoms with Crippen LogP contribution < -0.4 is 4.74 Å². The van der Waals surface area contributed by atoms with Crippen LogP contribution >= 0.6 is 11.3 Å². The Morgan fingerprint density at radius 3 is 2.60 bits per heavy atom. The predicted octanol–water partition coefficient (Wildman–Crippen LogP) is 4.36. The van der Waals surface area contributed by atoms with Crippen molar-refractivity contribution in [2.75, 3.05) is 7.11 Å². The van der Waals surface area contributed by atoms with Gasteiger partial charge in [-0.3, -0.25) is 0 Å². The van der Waals surface area contributed by atoms with Crippen molar-refractivity contribution in [2.24, 2.45) is 0 Å². The van der Waals surface area contributed by atoms with Gasteiger partial charge in [-0.1, -0.05) is 27.2 Å². The fraction of sp³-hybridized carbons (Fsp3) is 0.667. The molecule has 3 heteroatoms. The fourth-order valence-corrected chi connectivity index (χ4v) is 2.90. The summed E-state index contributed by atoms with van der Waals surface area (Å²) in [5.74, 6) is 0.442. The van der Waals surface area contributed by atoms with E-state index in [0.717, 1.165) is 36.2 Å². The average Bonchev–Trinajstić information content (AvgIpc) is 2.60. The van der Waals surface area contributed by atoms with E-state index in [-0.39, 0.29) is 10.5 Å². The molecular weight excluding hydrogens is 211 g/mol. The molecular formula is C12H19FOS. The van der Waals surface area contributed by atoms with Gasteiger partial charge in [-0.25, -0.2) is 0 Å². The van der Waals surface area contributed by atoms with E-state index in [1.165, 1.54) is 7.11 Å². The number of hydrogen-bond acceptors (Lipinski definition) is 2. The van der Waals surface area contributed by atoms with E-state index in [9.17, 15) is 4.39 Å². The van der Waals surface area contributed by atoms with Gasteiger partial charge in [0.1, 0.15) is 0 Å². The summed E-state index contributed by atoms with van der Waals surface area (Å²) in [6.07, 6.45) is 3.17. The Kier molecular flexibility index (Phi) is 4.14. The normalized spacial score (nSPS) is 15.0. The smallest absolute Gasteiger partial charge is 0.218 e. The summed E-state index contributed by atoms with van der Waals surface area (Å²) in [6.45, 7) is 6.48. The van der Waals surface area contributed by atoms with E-state index in [0.29, 0.717) is 5.75 Å². The molecule has 0 bridgehead atoms. The second kappa shape index (κ2) is 4.97. The lowest BCUT2D eigenvalue weighted by molar-refractivity contribution is 0.353. The molecule has 86 valence electrons. The molecule has 1 atom stereocenters. The molecule has 0 N–H and O–H groups in total. The number of ether oxygens (including phenoxy) is 1. The van der Waals surface area contributed by atoms with Crippen LogP contribution in [0.4, 0.5) is 4.39 Å². The van der Waals surface area contributed by atoms with Gasteiger partial charge in [0.2, 0.25) is 5.13 Å². The number of thiophene rings is 1. The van der Waals surface area contributed by atoms with Crippen molar-refractivity contribution in [1.82, 2.24) is 0 Å². The van der Waals surface area contributed by atoms with E-state index in [2.05, 4.69) is 20.8 Å². The Morgan fingerprint density at radius 1 is 1.47 bits per heavy atom. The SMILES string of the molecule is CCCC(C)(CC)c1csc(F)c1OC. The summed E-state index contributed by atoms with van der Waals surface area (Å²) in [5, 5.41) is 1.69. The van der Waals surface area contributed by atoms with Gasteiger partial charge in [0.15, 0.2) is 5.75 Å². The minimum absolute atomic E-state index is 0.0426. The highest BCUT2D eigenvalue weighted by atomic mass is 32.1. The van der Waals surface area contributed by atoms with E-state index < -0.39 is 0 Å². The first-order chi connectivity index (χ1) is 7.09. The van der Waals surface area contributed by atoms with Crippen LogP contribution in [-0.4, -0.2) is 7.11 Å². The first-order valence-corrected chi connectivity index (χ1v) is 6.28. The molecule has 0 aliphatic heterocycles. The van der Waals surface area contributed by atoms with Crippen LogP contribution in [0.3, 0.4) is 0 Å². The lowest BCUT2D eigenvalue weighted by atomic mass is 9.77. The van der Waals surface area contributed by atoms with Crippen molar-refractivity contribution >= 4 is 11.3 Å². The third kappa shape index (κ3) is 2.33. The highest BCUT2D eigenvalue weighted by Crippen LogP contribution is 2.42. The van der Waals surface area contributed by atoms with Crippen LogP contribution in [0.25, 0.3) is 0 Å². The third-order valence-electron chi connectivity index (χ3n) is 3.14. The standard InChI is InChI=1S/C12H19FOS/c1-5-7-12(3,6-2)9-8-15-11(13)10(9)14-4/h8H,5-7H2,1-4H3. The van der Waals surface area contributed by atoms with Crippen molar-refractivity contribution in [2.45, 2.75) is 45.4 Å². The summed E-state index contributed by atoms with van der Waals surface area (Å²) >= 11 is 1.13. The molecule has 0 radical (unpaired) electrons. The van der Waals surface area contributed by atoms with E-state index in [4.69, 9.17) is 4.74 Å². The average molecular weight is 230 g/mol. The zero-order valence-corrected chi connectivity index (χ0v) is 10.7. The highest BCUT2D eigenvalue weighted by molar-refractivity contribution is 7.08. The zero-order chi connectivity index (χ0) is 11.5. The van der Waals surface area contributed by atoms with Crippen molar-refractivity contribution in [1.29, 1.82) is 0 Å². The van der Waals surface area contributed by atoms with Gasteiger partial charge in [0, 0.05) is 10.9 Å². The Labute approximate surface area is 95.3 Å². The molecule has 0 saturated heterocycles. The molecule has 0 spiro atoms. The molecule has 1 nitrogen and oxygen atoms in total. The van der Waals surface area contributed by atoms with E-state index in [1.807, 2.05) is 5.38 Å². The molecule has 1 rings (SSSR count). The van der Waals surface area contributed by atoms with Gasteiger partial charge in [-0.05, 0) is 18.3 Å². The molecule has 0 aliphatic carbocycles. The van der Waals surface area contributed by atoms with Gasteiger partial charge >= 0.3 is 0 Å². The Hall–Kier alpha value is -0.570. The zero-order valence-electron chi connectivity index (χ0n) is 9.89. The Bertz CT molecular complexity index is 321. The number of methoxy groups -OCH3 is 1. The lowest BCUT2D eigenvalue weighted by Crippen LogP contribution is -2.20. The van der Waals surface area contributed by atoms with Crippen LogP contribution in [0.1, 0.15) is 45.6 Å². The minimum Gasteiger partial charge on any atom is -0.492 e. The van der Waals surface area contributed by atoms with Crippen molar-refractivity contribution < 1.29 is 9.13 Å². The molecule has 1 aromatic heterocycles. The number of hydrogen-bond donors (Lipinski definition) is 0. The minimum atomic E-state index is -0.205. The second-order valence-corrected chi connectivity index (χ2v) is 4.95. The molecule has 1 heterocycles. The maximum atomic E-state index is 13.4. The van der Waals surface area contributed by atoms with Crippen LogP contribution in [0.15, 0.2) is 5.38 Å². The predicted molar refractivity (Wildman–Crippen MR) is 63.4 cm³/mol. The molecule has 0 fully saturated rings. The van der Waals surface area contributed by atoms with Crippen molar-refractivity contribution in [3.63, 3.8) is 0 Å². The Morgan fingerprint density at radius 2 is 2.13 bits per heavy atom.